The smallest absolute Gasteiger partial charge is 0.408 e. The van der Waals surface area contributed by atoms with Crippen molar-refractivity contribution < 1.29 is 57.3 Å². The number of hydrogen-bond acceptors (Lipinski definition) is 12. The summed E-state index contributed by atoms with van der Waals surface area (Å²) in [4.78, 5) is 102. The summed E-state index contributed by atoms with van der Waals surface area (Å²) in [5.74, 6) is -3.55. The molecule has 7 amide bonds. The van der Waals surface area contributed by atoms with Crippen LogP contribution in [-0.2, 0) is 49.5 Å². The van der Waals surface area contributed by atoms with Gasteiger partial charge in [0.2, 0.25) is 23.6 Å². The first kappa shape index (κ1) is 51.4. The molecule has 59 heavy (non-hydrogen) atoms. The van der Waals surface area contributed by atoms with Gasteiger partial charge in [-0.1, -0.05) is 30.3 Å². The largest absolute Gasteiger partial charge is 0.467 e. The summed E-state index contributed by atoms with van der Waals surface area (Å²) in [6.07, 6.45) is -0.331. The molecule has 0 unspecified atom stereocenters. The molecule has 0 saturated heterocycles. The number of benzene rings is 1. The third kappa shape index (κ3) is 23.4. The zero-order chi connectivity index (χ0) is 44.8. The molecule has 0 fully saturated rings. The summed E-state index contributed by atoms with van der Waals surface area (Å²) in [5.41, 5.74) is -0.628. The van der Waals surface area contributed by atoms with E-state index in [4.69, 9.17) is 14.2 Å². The second kappa shape index (κ2) is 25.7. The molecule has 0 aliphatic carbocycles. The number of esters is 1. The van der Waals surface area contributed by atoms with Gasteiger partial charge in [0.15, 0.2) is 0 Å². The molecule has 1 rings (SSSR count). The Morgan fingerprint density at radius 1 is 0.542 bits per heavy atom. The second-order valence-corrected chi connectivity index (χ2v) is 15.9. The lowest BCUT2D eigenvalue weighted by molar-refractivity contribution is -0.145. The van der Waals surface area contributed by atoms with Crippen LogP contribution >= 0.6 is 0 Å². The molecule has 1 aromatic carbocycles. The van der Waals surface area contributed by atoms with E-state index < -0.39 is 89.3 Å². The average molecular weight is 836 g/mol. The van der Waals surface area contributed by atoms with Crippen LogP contribution < -0.4 is 37.2 Å². The molecule has 1 aromatic rings. The zero-order valence-electron chi connectivity index (χ0n) is 36.0. The minimum Gasteiger partial charge on any atom is -0.467 e. The van der Waals surface area contributed by atoms with Crippen LogP contribution in [-0.4, -0.2) is 109 Å². The first-order valence-electron chi connectivity index (χ1n) is 19.7. The predicted molar refractivity (Wildman–Crippen MR) is 216 cm³/mol. The van der Waals surface area contributed by atoms with Crippen molar-refractivity contribution in [2.75, 3.05) is 20.2 Å². The highest BCUT2D eigenvalue weighted by atomic mass is 16.6. The molecule has 0 aromatic heterocycles. The van der Waals surface area contributed by atoms with Crippen LogP contribution in [0.4, 0.5) is 14.4 Å². The molecule has 19 nitrogen and oxygen atoms in total. The first-order chi connectivity index (χ1) is 27.5. The monoisotopic (exact) mass is 835 g/mol. The fraction of sp³-hybridized carbons (Fsp3) is 0.650. The Morgan fingerprint density at radius 3 is 1.39 bits per heavy atom. The van der Waals surface area contributed by atoms with Crippen molar-refractivity contribution >= 4 is 47.9 Å². The SMILES string of the molecule is COC(=O)[C@@H](C)NC(=O)[C@H](CCCCNC(=O)OC(C)(C)C)NC(=O)[C@@H](C)NC(=O)[C@H](CCCCNC(=O)OC(C)(C)C)NC(=O)[C@@H](C)NC(=O)OCc1ccccc1. The van der Waals surface area contributed by atoms with Gasteiger partial charge in [0.05, 0.1) is 7.11 Å². The molecule has 5 atom stereocenters. The Labute approximate surface area is 346 Å². The van der Waals surface area contributed by atoms with Gasteiger partial charge in [0.25, 0.3) is 0 Å². The molecule has 0 spiro atoms. The predicted octanol–water partition coefficient (Wildman–Crippen LogP) is 2.84. The Balaban J connectivity index is 2.99. The van der Waals surface area contributed by atoms with Crippen molar-refractivity contribution in [1.82, 2.24) is 37.2 Å². The number of amides is 7. The lowest BCUT2D eigenvalue weighted by Gasteiger charge is -2.25. The van der Waals surface area contributed by atoms with Crippen molar-refractivity contribution in [3.8, 4) is 0 Å². The lowest BCUT2D eigenvalue weighted by Crippen LogP contribution is -2.57. The van der Waals surface area contributed by atoms with E-state index in [-0.39, 0.29) is 32.5 Å². The molecule has 0 saturated carbocycles. The average Bonchev–Trinajstić information content (AvgIpc) is 3.14. The number of carbonyl (C=O) groups excluding carboxylic acids is 8. The summed E-state index contributed by atoms with van der Waals surface area (Å²) >= 11 is 0. The van der Waals surface area contributed by atoms with E-state index in [1.807, 2.05) is 6.07 Å². The number of rotatable bonds is 22. The van der Waals surface area contributed by atoms with Gasteiger partial charge >= 0.3 is 24.2 Å². The van der Waals surface area contributed by atoms with Crippen molar-refractivity contribution in [3.05, 3.63) is 35.9 Å². The molecule has 0 aliphatic rings. The zero-order valence-corrected chi connectivity index (χ0v) is 36.0. The summed E-state index contributed by atoms with van der Waals surface area (Å²) in [5, 5.41) is 18.0. The van der Waals surface area contributed by atoms with Gasteiger partial charge < -0.3 is 56.2 Å². The Kier molecular flexibility index (Phi) is 22.4. The summed E-state index contributed by atoms with van der Waals surface area (Å²) < 4.78 is 20.3. The minimum absolute atomic E-state index is 0.0263. The molecule has 0 aliphatic heterocycles. The van der Waals surface area contributed by atoms with Crippen LogP contribution in [0.3, 0.4) is 0 Å². The number of unbranched alkanes of at least 4 members (excludes halogenated alkanes) is 2. The second-order valence-electron chi connectivity index (χ2n) is 15.9. The van der Waals surface area contributed by atoms with Crippen molar-refractivity contribution in [1.29, 1.82) is 0 Å². The van der Waals surface area contributed by atoms with E-state index in [0.29, 0.717) is 25.7 Å². The maximum absolute atomic E-state index is 13.6. The molecular weight excluding hydrogens is 770 g/mol. The minimum atomic E-state index is -1.21. The highest BCUT2D eigenvalue weighted by Crippen LogP contribution is 2.09. The van der Waals surface area contributed by atoms with E-state index in [1.165, 1.54) is 27.9 Å². The molecular formula is C40H65N7O12. The Bertz CT molecular complexity index is 1550. The van der Waals surface area contributed by atoms with Gasteiger partial charge in [-0.2, -0.15) is 0 Å². The van der Waals surface area contributed by atoms with Gasteiger partial charge in [-0.3, -0.25) is 19.2 Å². The summed E-state index contributed by atoms with van der Waals surface area (Å²) in [6.45, 7) is 15.0. The van der Waals surface area contributed by atoms with E-state index in [2.05, 4.69) is 42.0 Å². The highest BCUT2D eigenvalue weighted by molar-refractivity contribution is 5.95. The number of methoxy groups -OCH3 is 1. The molecule has 0 bridgehead atoms. The number of ether oxygens (including phenoxy) is 4. The highest BCUT2D eigenvalue weighted by Gasteiger charge is 2.30. The van der Waals surface area contributed by atoms with Crippen LogP contribution in [0.1, 0.15) is 106 Å². The van der Waals surface area contributed by atoms with Gasteiger partial charge in [-0.05, 0) is 106 Å². The van der Waals surface area contributed by atoms with Crippen LogP contribution in [0, 0.1) is 0 Å². The molecule has 19 heteroatoms. The Hall–Kier alpha value is -5.62. The molecule has 0 heterocycles. The first-order valence-corrected chi connectivity index (χ1v) is 19.7. The Morgan fingerprint density at radius 2 is 0.966 bits per heavy atom. The van der Waals surface area contributed by atoms with Crippen LogP contribution in [0.25, 0.3) is 0 Å². The van der Waals surface area contributed by atoms with E-state index in [1.54, 1.807) is 65.8 Å². The third-order valence-corrected chi connectivity index (χ3v) is 8.05. The third-order valence-electron chi connectivity index (χ3n) is 8.05. The number of carbonyl (C=O) groups is 8. The van der Waals surface area contributed by atoms with Gasteiger partial charge in [0.1, 0.15) is 48.0 Å². The lowest BCUT2D eigenvalue weighted by atomic mass is 10.1. The molecule has 7 N–H and O–H groups in total. The van der Waals surface area contributed by atoms with Gasteiger partial charge in [-0.25, -0.2) is 19.2 Å². The van der Waals surface area contributed by atoms with Crippen molar-refractivity contribution in [2.24, 2.45) is 0 Å². The van der Waals surface area contributed by atoms with Gasteiger partial charge in [0, 0.05) is 13.1 Å². The standard InChI is InChI=1S/C40H65N7O12/c1-25(31(48)46-30(34(51)44-27(3)35(52)56-10)21-15-17-23-42-37(54)59-40(7,8)9)43-33(50)29(20-14-16-22-41-36(53)58-39(4,5)6)47-32(49)26(2)45-38(55)57-24-28-18-12-11-13-19-28/h11-13,18-19,25-27,29-30H,14-17,20-24H2,1-10H3,(H,41,53)(H,42,54)(H,43,50)(H,44,51)(H,45,55)(H,46,48)(H,47,49)/t25-,26-,27-,29+,30+/m1/s1. The normalized spacial score (nSPS) is 13.7. The fourth-order valence-corrected chi connectivity index (χ4v) is 5.02. The fourth-order valence-electron chi connectivity index (χ4n) is 5.02. The van der Waals surface area contributed by atoms with E-state index in [0.717, 1.165) is 5.56 Å². The van der Waals surface area contributed by atoms with Gasteiger partial charge in [-0.15, -0.1) is 0 Å². The number of nitrogens with one attached hydrogen (secondary N) is 7. The van der Waals surface area contributed by atoms with Crippen LogP contribution in [0.5, 0.6) is 0 Å². The van der Waals surface area contributed by atoms with Crippen molar-refractivity contribution in [2.45, 2.75) is 149 Å². The quantitative estimate of drug-likeness (QED) is 0.0506. The van der Waals surface area contributed by atoms with Crippen LogP contribution in [0.2, 0.25) is 0 Å². The topological polar surface area (TPSA) is 258 Å². The number of alkyl carbamates (subject to hydrolysis) is 3. The van der Waals surface area contributed by atoms with Crippen LogP contribution in [0.15, 0.2) is 30.3 Å². The molecule has 0 radical (unpaired) electrons. The van der Waals surface area contributed by atoms with E-state index >= 15 is 0 Å². The summed E-state index contributed by atoms with van der Waals surface area (Å²) in [6, 6.07) is 3.26. The number of hydrogen-bond donors (Lipinski definition) is 7. The summed E-state index contributed by atoms with van der Waals surface area (Å²) in [7, 11) is 1.17. The van der Waals surface area contributed by atoms with Crippen molar-refractivity contribution in [3.63, 3.8) is 0 Å². The maximum Gasteiger partial charge on any atom is 0.408 e. The molecule has 332 valence electrons. The van der Waals surface area contributed by atoms with E-state index in [9.17, 15) is 38.4 Å². The maximum atomic E-state index is 13.6.